The van der Waals surface area contributed by atoms with Crippen LogP contribution in [0.4, 0.5) is 39.0 Å². The molecule has 2 heterocycles. The summed E-state index contributed by atoms with van der Waals surface area (Å²) in [5.74, 6) is -2.41. The lowest BCUT2D eigenvalue weighted by Gasteiger charge is -2.45. The third-order valence-electron chi connectivity index (χ3n) is 7.00. The number of carboxylic acid groups (broad SMARTS) is 1. The van der Waals surface area contributed by atoms with E-state index in [-0.39, 0.29) is 34.5 Å². The van der Waals surface area contributed by atoms with Gasteiger partial charge in [0, 0.05) is 49.8 Å². The molecule has 2 aliphatic heterocycles. The van der Waals surface area contributed by atoms with E-state index in [1.807, 2.05) is 4.90 Å². The summed E-state index contributed by atoms with van der Waals surface area (Å²) in [5, 5.41) is 11.9. The topological polar surface area (TPSA) is 71.4 Å². The highest BCUT2D eigenvalue weighted by atomic mass is 19.4. The highest BCUT2D eigenvalue weighted by Gasteiger charge is 2.39. The van der Waals surface area contributed by atoms with Crippen molar-refractivity contribution < 1.29 is 36.6 Å². The molecule has 1 unspecified atom stereocenters. The highest BCUT2D eigenvalue weighted by molar-refractivity contribution is 6.02. The number of alkyl halides is 3. The number of hydrogen-bond acceptors (Lipinski definition) is 7. The number of carbonyl (C=O) groups excluding carboxylic acids is 1. The van der Waals surface area contributed by atoms with Crippen molar-refractivity contribution in [3.63, 3.8) is 0 Å². The van der Waals surface area contributed by atoms with Gasteiger partial charge in [-0.1, -0.05) is 12.1 Å². The van der Waals surface area contributed by atoms with E-state index in [9.17, 15) is 27.5 Å². The molecule has 0 bridgehead atoms. The van der Waals surface area contributed by atoms with Gasteiger partial charge in [-0.2, -0.15) is 13.2 Å². The van der Waals surface area contributed by atoms with Crippen molar-refractivity contribution in [2.24, 2.45) is 4.99 Å². The Labute approximate surface area is 226 Å². The van der Waals surface area contributed by atoms with Crippen molar-refractivity contribution in [3.8, 4) is 5.75 Å². The summed E-state index contributed by atoms with van der Waals surface area (Å²) >= 11 is 0. The first kappa shape index (κ1) is 27.2. The predicted octanol–water partition coefficient (Wildman–Crippen LogP) is 4.50. The van der Waals surface area contributed by atoms with Crippen molar-refractivity contribution in [2.45, 2.75) is 18.6 Å². The van der Waals surface area contributed by atoms with Crippen molar-refractivity contribution in [2.75, 3.05) is 43.1 Å². The second-order valence-electron chi connectivity index (χ2n) is 9.39. The molecule has 210 valence electrons. The minimum Gasteiger partial charge on any atom is -0.550 e. The highest BCUT2D eigenvalue weighted by Crippen LogP contribution is 2.46. The van der Waals surface area contributed by atoms with Crippen LogP contribution in [0.25, 0.3) is 0 Å². The van der Waals surface area contributed by atoms with Gasteiger partial charge in [0.25, 0.3) is 0 Å². The molecule has 0 spiro atoms. The van der Waals surface area contributed by atoms with Crippen LogP contribution in [-0.4, -0.2) is 50.1 Å². The van der Waals surface area contributed by atoms with Gasteiger partial charge in [0.05, 0.1) is 24.4 Å². The van der Waals surface area contributed by atoms with Gasteiger partial charge >= 0.3 is 6.18 Å². The summed E-state index contributed by atoms with van der Waals surface area (Å²) in [6, 6.07) is 11.8. The minimum absolute atomic E-state index is 0.0499. The van der Waals surface area contributed by atoms with Gasteiger partial charge in [-0.25, -0.2) is 13.8 Å². The van der Waals surface area contributed by atoms with Gasteiger partial charge in [-0.3, -0.25) is 0 Å². The molecule has 0 radical (unpaired) electrons. The van der Waals surface area contributed by atoms with E-state index in [0.29, 0.717) is 26.2 Å². The van der Waals surface area contributed by atoms with Crippen molar-refractivity contribution in [1.82, 2.24) is 4.90 Å². The second-order valence-corrected chi connectivity index (χ2v) is 9.39. The minimum atomic E-state index is -4.69. The first-order chi connectivity index (χ1) is 19.1. The van der Waals surface area contributed by atoms with E-state index in [1.54, 1.807) is 17.0 Å². The van der Waals surface area contributed by atoms with E-state index in [0.717, 1.165) is 23.9 Å². The Morgan fingerprint density at radius 2 is 1.68 bits per heavy atom. The lowest BCUT2D eigenvalue weighted by molar-refractivity contribution is -0.306. The molecule has 0 amide bonds. The molecular formula is C28H24F5N4O3-. The zero-order chi connectivity index (χ0) is 28.6. The summed E-state index contributed by atoms with van der Waals surface area (Å²) in [6.07, 6.45) is -5.34. The number of halogens is 5. The fourth-order valence-corrected chi connectivity index (χ4v) is 5.08. The smallest absolute Gasteiger partial charge is 0.416 e. The molecule has 40 heavy (non-hydrogen) atoms. The van der Waals surface area contributed by atoms with Crippen LogP contribution in [0.2, 0.25) is 0 Å². The zero-order valence-corrected chi connectivity index (χ0v) is 21.3. The summed E-state index contributed by atoms with van der Waals surface area (Å²) in [5.41, 5.74) is -0.155. The number of nitrogens with zero attached hydrogens (tertiary/aromatic N) is 4. The van der Waals surface area contributed by atoms with Crippen LogP contribution >= 0.6 is 0 Å². The summed E-state index contributed by atoms with van der Waals surface area (Å²) in [7, 11) is 1.29. The summed E-state index contributed by atoms with van der Waals surface area (Å²) in [4.78, 5) is 21.6. The number of aliphatic carboxylic acids is 1. The summed E-state index contributed by atoms with van der Waals surface area (Å²) in [6.45, 7) is 1.51. The molecule has 1 saturated heterocycles. The number of anilines is 2. The fraction of sp³-hybridized carbons (Fsp3) is 0.286. The van der Waals surface area contributed by atoms with Crippen LogP contribution in [0, 0.1) is 11.6 Å². The predicted molar refractivity (Wildman–Crippen MR) is 137 cm³/mol. The van der Waals surface area contributed by atoms with E-state index >= 15 is 4.39 Å². The molecule has 0 N–H and O–H groups in total. The molecular weight excluding hydrogens is 535 g/mol. The maximum absolute atomic E-state index is 15.0. The number of aliphatic imine (C=N–C) groups is 1. The van der Waals surface area contributed by atoms with Gasteiger partial charge < -0.3 is 29.3 Å². The van der Waals surface area contributed by atoms with Crippen molar-refractivity contribution in [3.05, 3.63) is 83.4 Å². The molecule has 2 aliphatic rings. The number of rotatable bonds is 5. The fourth-order valence-electron chi connectivity index (χ4n) is 5.08. The van der Waals surface area contributed by atoms with Gasteiger partial charge in [0.1, 0.15) is 23.1 Å². The number of ether oxygens (including phenoxy) is 1. The lowest BCUT2D eigenvalue weighted by atomic mass is 9.96. The number of methoxy groups -OCH3 is 1. The number of fused-ring (bicyclic) bond motifs is 1. The molecule has 12 heteroatoms. The van der Waals surface area contributed by atoms with Crippen LogP contribution in [0.3, 0.4) is 0 Å². The number of piperazine rings is 1. The van der Waals surface area contributed by atoms with Gasteiger partial charge in [0.2, 0.25) is 5.96 Å². The molecule has 5 rings (SSSR count). The third kappa shape index (κ3) is 5.25. The van der Waals surface area contributed by atoms with Crippen molar-refractivity contribution >= 4 is 29.0 Å². The largest absolute Gasteiger partial charge is 0.550 e. The number of guanidine groups is 1. The van der Waals surface area contributed by atoms with Crippen LogP contribution in [0.1, 0.15) is 23.6 Å². The number of carboxylic acids is 1. The standard InChI is InChI=1S/C28H25F5N4O3/c1-40-24-10-5-17(28(31,32)33)15-23(24)37-22(16-25(38)39)20-3-2-4-21(30)26(20)34-27(37)36-13-11-35(12-14-36)19-8-6-18(29)7-9-19/h2-10,15,22H,11-14,16H2,1H3,(H,38,39)/p-1. The molecule has 3 aromatic carbocycles. The average molecular weight is 560 g/mol. The Bertz CT molecular complexity index is 1440. The van der Waals surface area contributed by atoms with E-state index in [1.165, 1.54) is 42.3 Å². The Balaban J connectivity index is 1.61. The van der Waals surface area contributed by atoms with Crippen LogP contribution < -0.4 is 19.6 Å². The SMILES string of the molecule is COc1ccc(C(F)(F)F)cc1N1C(N2CCN(c3ccc(F)cc3)CC2)=Nc2c(F)cccc2C1CC(=O)[O-]. The Morgan fingerprint density at radius 1 is 1.00 bits per heavy atom. The zero-order valence-electron chi connectivity index (χ0n) is 21.3. The maximum Gasteiger partial charge on any atom is 0.416 e. The molecule has 0 aromatic heterocycles. The Kier molecular flexibility index (Phi) is 7.26. The van der Waals surface area contributed by atoms with Crippen molar-refractivity contribution in [1.29, 1.82) is 0 Å². The van der Waals surface area contributed by atoms with Gasteiger partial charge in [-0.15, -0.1) is 0 Å². The Morgan fingerprint density at radius 3 is 2.30 bits per heavy atom. The van der Waals surface area contributed by atoms with E-state index in [4.69, 9.17) is 4.74 Å². The van der Waals surface area contributed by atoms with Crippen LogP contribution in [-0.2, 0) is 11.0 Å². The second kappa shape index (κ2) is 10.7. The van der Waals surface area contributed by atoms with E-state index in [2.05, 4.69) is 4.99 Å². The monoisotopic (exact) mass is 559 g/mol. The van der Waals surface area contributed by atoms with Crippen LogP contribution in [0.5, 0.6) is 5.75 Å². The molecule has 0 aliphatic carbocycles. The third-order valence-corrected chi connectivity index (χ3v) is 7.00. The van der Waals surface area contributed by atoms with Gasteiger partial charge in [-0.05, 0) is 48.5 Å². The molecule has 3 aromatic rings. The maximum atomic E-state index is 15.0. The average Bonchev–Trinajstić information content (AvgIpc) is 2.93. The molecule has 1 atom stereocenters. The quantitative estimate of drug-likeness (QED) is 0.429. The molecule has 0 saturated carbocycles. The van der Waals surface area contributed by atoms with E-state index < -0.39 is 36.0 Å². The first-order valence-electron chi connectivity index (χ1n) is 12.4. The normalized spacial score (nSPS) is 17.4. The number of carbonyl (C=O) groups is 1. The number of hydrogen-bond donors (Lipinski definition) is 0. The lowest BCUT2D eigenvalue weighted by Crippen LogP contribution is -2.55. The van der Waals surface area contributed by atoms with Gasteiger partial charge in [0.15, 0.2) is 0 Å². The summed E-state index contributed by atoms with van der Waals surface area (Å²) < 4.78 is 75.1. The molecule has 7 nitrogen and oxygen atoms in total. The number of para-hydroxylation sites is 1. The first-order valence-corrected chi connectivity index (χ1v) is 12.4. The molecule has 1 fully saturated rings. The van der Waals surface area contributed by atoms with Crippen LogP contribution in [0.15, 0.2) is 65.7 Å². The number of benzene rings is 3. The Hall–Kier alpha value is -4.35.